The maximum atomic E-state index is 12.2. The Morgan fingerprint density at radius 2 is 1.95 bits per heavy atom. The van der Waals surface area contributed by atoms with Gasteiger partial charge in [0.05, 0.1) is 16.0 Å². The van der Waals surface area contributed by atoms with Gasteiger partial charge in [-0.1, -0.05) is 29.3 Å². The van der Waals surface area contributed by atoms with Crippen molar-refractivity contribution in [1.82, 2.24) is 4.90 Å². The van der Waals surface area contributed by atoms with Gasteiger partial charge in [0.2, 0.25) is 5.91 Å². The Kier molecular flexibility index (Phi) is 6.30. The van der Waals surface area contributed by atoms with Crippen molar-refractivity contribution >= 4 is 35.1 Å². The molecule has 0 saturated heterocycles. The maximum absolute atomic E-state index is 12.2. The van der Waals surface area contributed by atoms with Crippen LogP contribution >= 0.6 is 23.2 Å². The van der Waals surface area contributed by atoms with Crippen LogP contribution in [0, 0.1) is 0 Å². The van der Waals surface area contributed by atoms with Crippen LogP contribution in [0.4, 0.5) is 0 Å². The van der Waals surface area contributed by atoms with Crippen LogP contribution in [0.3, 0.4) is 0 Å². The molecule has 110 valence electrons. The molecule has 4 nitrogen and oxygen atoms in total. The van der Waals surface area contributed by atoms with E-state index in [-0.39, 0.29) is 18.2 Å². The van der Waals surface area contributed by atoms with Crippen LogP contribution in [0.5, 0.6) is 0 Å². The lowest BCUT2D eigenvalue weighted by molar-refractivity contribution is -0.138. The largest absolute Gasteiger partial charge is 0.481 e. The first kappa shape index (κ1) is 16.8. The van der Waals surface area contributed by atoms with E-state index in [1.807, 2.05) is 0 Å². The quantitative estimate of drug-likeness (QED) is 0.874. The second kappa shape index (κ2) is 7.50. The zero-order valence-corrected chi connectivity index (χ0v) is 12.9. The summed E-state index contributed by atoms with van der Waals surface area (Å²) in [6, 6.07) is 5.10. The molecule has 1 rings (SSSR count). The van der Waals surface area contributed by atoms with Gasteiger partial charge in [0.25, 0.3) is 0 Å². The van der Waals surface area contributed by atoms with E-state index in [0.717, 1.165) is 5.56 Å². The van der Waals surface area contributed by atoms with Crippen molar-refractivity contribution in [3.05, 3.63) is 33.8 Å². The van der Waals surface area contributed by atoms with Gasteiger partial charge >= 0.3 is 5.97 Å². The molecule has 0 aliphatic carbocycles. The Balaban J connectivity index is 2.65. The minimum Gasteiger partial charge on any atom is -0.481 e. The van der Waals surface area contributed by atoms with Gasteiger partial charge in [-0.3, -0.25) is 9.59 Å². The van der Waals surface area contributed by atoms with Gasteiger partial charge in [0.1, 0.15) is 0 Å². The van der Waals surface area contributed by atoms with Crippen LogP contribution in [-0.2, 0) is 9.59 Å². The van der Waals surface area contributed by atoms with E-state index in [2.05, 4.69) is 0 Å². The standard InChI is InChI=1S/C14H17Cl2NO3/c1-9(10-5-6-11(15)12(16)8-10)14(20)17(2)7-3-4-13(18)19/h5-6,8-9H,3-4,7H2,1-2H3,(H,18,19). The number of halogens is 2. The summed E-state index contributed by atoms with van der Waals surface area (Å²) in [5.74, 6) is -1.28. The van der Waals surface area contributed by atoms with E-state index in [1.54, 1.807) is 32.2 Å². The molecule has 0 radical (unpaired) electrons. The van der Waals surface area contributed by atoms with Crippen LogP contribution in [0.15, 0.2) is 18.2 Å². The number of hydrogen-bond donors (Lipinski definition) is 1. The molecule has 1 atom stereocenters. The first-order valence-corrected chi connectivity index (χ1v) is 7.00. The molecule has 0 spiro atoms. The highest BCUT2D eigenvalue weighted by Gasteiger charge is 2.19. The van der Waals surface area contributed by atoms with E-state index < -0.39 is 5.97 Å². The number of rotatable bonds is 6. The van der Waals surface area contributed by atoms with Crippen LogP contribution < -0.4 is 0 Å². The fraction of sp³-hybridized carbons (Fsp3) is 0.429. The lowest BCUT2D eigenvalue weighted by Crippen LogP contribution is -2.31. The molecular formula is C14H17Cl2NO3. The first-order chi connectivity index (χ1) is 9.32. The summed E-state index contributed by atoms with van der Waals surface area (Å²) in [6.45, 7) is 2.20. The normalized spacial score (nSPS) is 12.0. The van der Waals surface area contributed by atoms with E-state index in [4.69, 9.17) is 28.3 Å². The topological polar surface area (TPSA) is 57.6 Å². The molecule has 1 amide bonds. The fourth-order valence-electron chi connectivity index (χ4n) is 1.83. The van der Waals surface area contributed by atoms with Crippen LogP contribution in [0.2, 0.25) is 10.0 Å². The molecule has 6 heteroatoms. The fourth-order valence-corrected chi connectivity index (χ4v) is 2.14. The number of carboxylic acids is 1. The summed E-state index contributed by atoms with van der Waals surface area (Å²) in [7, 11) is 1.66. The van der Waals surface area contributed by atoms with Gasteiger partial charge in [0, 0.05) is 20.0 Å². The SMILES string of the molecule is CC(C(=O)N(C)CCCC(=O)O)c1ccc(Cl)c(Cl)c1. The molecule has 0 fully saturated rings. The van der Waals surface area contributed by atoms with Gasteiger partial charge in [-0.05, 0) is 31.0 Å². The Bertz CT molecular complexity index is 505. The third kappa shape index (κ3) is 4.69. The summed E-state index contributed by atoms with van der Waals surface area (Å²) < 4.78 is 0. The first-order valence-electron chi connectivity index (χ1n) is 6.24. The summed E-state index contributed by atoms with van der Waals surface area (Å²) >= 11 is 11.8. The van der Waals surface area contributed by atoms with Crippen molar-refractivity contribution in [2.75, 3.05) is 13.6 Å². The minimum absolute atomic E-state index is 0.0543. The molecule has 0 aliphatic rings. The summed E-state index contributed by atoms with van der Waals surface area (Å²) in [4.78, 5) is 24.2. The van der Waals surface area contributed by atoms with Crippen molar-refractivity contribution in [2.45, 2.75) is 25.7 Å². The van der Waals surface area contributed by atoms with Crippen molar-refractivity contribution in [3.63, 3.8) is 0 Å². The molecule has 0 aliphatic heterocycles. The highest BCUT2D eigenvalue weighted by Crippen LogP contribution is 2.27. The molecule has 0 bridgehead atoms. The summed E-state index contributed by atoms with van der Waals surface area (Å²) in [5, 5.41) is 9.44. The smallest absolute Gasteiger partial charge is 0.303 e. The molecule has 0 aromatic heterocycles. The summed E-state index contributed by atoms with van der Waals surface area (Å²) in [6.07, 6.45) is 0.491. The number of carboxylic acid groups (broad SMARTS) is 1. The van der Waals surface area contributed by atoms with Crippen LogP contribution in [0.1, 0.15) is 31.2 Å². The number of benzene rings is 1. The third-order valence-electron chi connectivity index (χ3n) is 3.07. The number of carbonyl (C=O) groups excluding carboxylic acids is 1. The predicted octanol–water partition coefficient (Wildman–Crippen LogP) is 3.42. The lowest BCUT2D eigenvalue weighted by atomic mass is 10.00. The van der Waals surface area contributed by atoms with Crippen LogP contribution in [-0.4, -0.2) is 35.5 Å². The lowest BCUT2D eigenvalue weighted by Gasteiger charge is -2.21. The van der Waals surface area contributed by atoms with Crippen molar-refractivity contribution in [2.24, 2.45) is 0 Å². The minimum atomic E-state index is -0.858. The Morgan fingerprint density at radius 1 is 1.30 bits per heavy atom. The Hall–Kier alpha value is -1.26. The molecular weight excluding hydrogens is 301 g/mol. The second-order valence-corrected chi connectivity index (χ2v) is 5.47. The highest BCUT2D eigenvalue weighted by molar-refractivity contribution is 6.42. The number of aliphatic carboxylic acids is 1. The maximum Gasteiger partial charge on any atom is 0.303 e. The average molecular weight is 318 g/mol. The number of amides is 1. The number of hydrogen-bond acceptors (Lipinski definition) is 2. The Morgan fingerprint density at radius 3 is 2.50 bits per heavy atom. The number of nitrogens with zero attached hydrogens (tertiary/aromatic N) is 1. The van der Waals surface area contributed by atoms with E-state index in [0.29, 0.717) is 23.0 Å². The predicted molar refractivity (Wildman–Crippen MR) is 79.4 cm³/mol. The molecule has 20 heavy (non-hydrogen) atoms. The van der Waals surface area contributed by atoms with Gasteiger partial charge in [-0.2, -0.15) is 0 Å². The second-order valence-electron chi connectivity index (χ2n) is 4.65. The van der Waals surface area contributed by atoms with Gasteiger partial charge in [0.15, 0.2) is 0 Å². The highest BCUT2D eigenvalue weighted by atomic mass is 35.5. The number of carbonyl (C=O) groups is 2. The molecule has 0 heterocycles. The van der Waals surface area contributed by atoms with Crippen molar-refractivity contribution in [1.29, 1.82) is 0 Å². The van der Waals surface area contributed by atoms with Gasteiger partial charge < -0.3 is 10.0 Å². The van der Waals surface area contributed by atoms with E-state index in [9.17, 15) is 9.59 Å². The Labute approximate surface area is 128 Å². The average Bonchev–Trinajstić information content (AvgIpc) is 2.39. The zero-order valence-electron chi connectivity index (χ0n) is 11.4. The van der Waals surface area contributed by atoms with Gasteiger partial charge in [-0.25, -0.2) is 0 Å². The monoisotopic (exact) mass is 317 g/mol. The van der Waals surface area contributed by atoms with Crippen LogP contribution in [0.25, 0.3) is 0 Å². The molecule has 1 aromatic carbocycles. The molecule has 1 unspecified atom stereocenters. The van der Waals surface area contributed by atoms with Gasteiger partial charge in [-0.15, -0.1) is 0 Å². The molecule has 1 aromatic rings. The van der Waals surface area contributed by atoms with E-state index >= 15 is 0 Å². The third-order valence-corrected chi connectivity index (χ3v) is 3.81. The van der Waals surface area contributed by atoms with Crippen molar-refractivity contribution in [3.8, 4) is 0 Å². The van der Waals surface area contributed by atoms with Crippen molar-refractivity contribution < 1.29 is 14.7 Å². The molecule has 1 N–H and O–H groups in total. The zero-order chi connectivity index (χ0) is 15.3. The summed E-state index contributed by atoms with van der Waals surface area (Å²) in [5.41, 5.74) is 0.787. The van der Waals surface area contributed by atoms with E-state index in [1.165, 1.54) is 4.90 Å². The molecule has 0 saturated carbocycles. The number of likely N-dealkylation sites (N-methyl/N-ethyl adjacent to an activating group) is 1.